The standard InChI is InChI=1S/C16H19N3O5/c1-10-11(8-20)15(19-24-10)16(21)18-12-5-7-22-9-13(12)23-14-4-2-3-6-17-14/h2-4,6,12-13,20H,5,7-9H2,1H3,(H,18,21)/t12-,13-/m1/s1. The first-order valence-corrected chi connectivity index (χ1v) is 7.71. The number of aliphatic hydroxyl groups excluding tert-OH is 1. The number of hydrogen-bond donors (Lipinski definition) is 2. The Morgan fingerprint density at radius 3 is 3.12 bits per heavy atom. The van der Waals surface area contributed by atoms with Gasteiger partial charge in [-0.1, -0.05) is 11.2 Å². The lowest BCUT2D eigenvalue weighted by atomic mass is 10.1. The van der Waals surface area contributed by atoms with Crippen molar-refractivity contribution in [3.8, 4) is 5.88 Å². The van der Waals surface area contributed by atoms with E-state index in [9.17, 15) is 9.90 Å². The molecule has 0 spiro atoms. The van der Waals surface area contributed by atoms with Crippen LogP contribution in [0.15, 0.2) is 28.9 Å². The lowest BCUT2D eigenvalue weighted by Gasteiger charge is -2.31. The number of nitrogens with one attached hydrogen (secondary N) is 1. The number of pyridine rings is 1. The van der Waals surface area contributed by atoms with Crippen LogP contribution in [0.4, 0.5) is 0 Å². The van der Waals surface area contributed by atoms with Crippen LogP contribution in [0.1, 0.15) is 28.2 Å². The molecular formula is C16H19N3O5. The summed E-state index contributed by atoms with van der Waals surface area (Å²) >= 11 is 0. The van der Waals surface area contributed by atoms with Crippen molar-refractivity contribution in [2.75, 3.05) is 13.2 Å². The number of hydrogen-bond acceptors (Lipinski definition) is 7. The third-order valence-corrected chi connectivity index (χ3v) is 3.89. The van der Waals surface area contributed by atoms with Crippen molar-refractivity contribution >= 4 is 5.91 Å². The van der Waals surface area contributed by atoms with Gasteiger partial charge in [0.1, 0.15) is 11.9 Å². The molecule has 8 heteroatoms. The Bertz CT molecular complexity index is 688. The largest absolute Gasteiger partial charge is 0.470 e. The summed E-state index contributed by atoms with van der Waals surface area (Å²) in [5.74, 6) is 0.494. The van der Waals surface area contributed by atoms with Gasteiger partial charge >= 0.3 is 0 Å². The Kier molecular flexibility index (Phi) is 5.07. The normalized spacial score (nSPS) is 20.6. The van der Waals surface area contributed by atoms with Crippen molar-refractivity contribution < 1.29 is 23.9 Å². The summed E-state index contributed by atoms with van der Waals surface area (Å²) in [6.45, 7) is 2.22. The lowest BCUT2D eigenvalue weighted by Crippen LogP contribution is -2.51. The molecule has 1 amide bonds. The highest BCUT2D eigenvalue weighted by Crippen LogP contribution is 2.17. The smallest absolute Gasteiger partial charge is 0.274 e. The van der Waals surface area contributed by atoms with Crippen LogP contribution in [0.2, 0.25) is 0 Å². The monoisotopic (exact) mass is 333 g/mol. The van der Waals surface area contributed by atoms with Gasteiger partial charge in [-0.15, -0.1) is 0 Å². The summed E-state index contributed by atoms with van der Waals surface area (Å²) in [6, 6.07) is 5.12. The quantitative estimate of drug-likeness (QED) is 0.835. The third-order valence-electron chi connectivity index (χ3n) is 3.89. The summed E-state index contributed by atoms with van der Waals surface area (Å²) in [5.41, 5.74) is 0.486. The van der Waals surface area contributed by atoms with Crippen LogP contribution < -0.4 is 10.1 Å². The highest BCUT2D eigenvalue weighted by atomic mass is 16.5. The highest BCUT2D eigenvalue weighted by molar-refractivity contribution is 5.94. The Morgan fingerprint density at radius 1 is 1.50 bits per heavy atom. The second-order valence-corrected chi connectivity index (χ2v) is 5.49. The van der Waals surface area contributed by atoms with E-state index in [-0.39, 0.29) is 24.4 Å². The van der Waals surface area contributed by atoms with E-state index >= 15 is 0 Å². The number of nitrogens with zero attached hydrogens (tertiary/aromatic N) is 2. The molecule has 2 aromatic heterocycles. The van der Waals surface area contributed by atoms with E-state index in [1.807, 2.05) is 6.07 Å². The number of amides is 1. The molecule has 0 aromatic carbocycles. The number of aliphatic hydroxyl groups is 1. The van der Waals surface area contributed by atoms with Gasteiger partial charge in [-0.05, 0) is 19.4 Å². The molecule has 0 bridgehead atoms. The minimum Gasteiger partial charge on any atom is -0.470 e. The predicted molar refractivity (Wildman–Crippen MR) is 82.5 cm³/mol. The van der Waals surface area contributed by atoms with E-state index in [1.54, 1.807) is 25.3 Å². The molecular weight excluding hydrogens is 314 g/mol. The molecule has 0 saturated carbocycles. The van der Waals surface area contributed by atoms with E-state index < -0.39 is 5.91 Å². The molecule has 128 valence electrons. The fourth-order valence-electron chi connectivity index (χ4n) is 2.56. The number of ether oxygens (including phenoxy) is 2. The zero-order valence-electron chi connectivity index (χ0n) is 13.3. The first-order chi connectivity index (χ1) is 11.7. The Hall–Kier alpha value is -2.45. The van der Waals surface area contributed by atoms with Crippen LogP contribution in [0.5, 0.6) is 5.88 Å². The van der Waals surface area contributed by atoms with Crippen molar-refractivity contribution in [3.05, 3.63) is 41.4 Å². The van der Waals surface area contributed by atoms with Crippen molar-refractivity contribution in [2.45, 2.75) is 32.1 Å². The molecule has 1 aliphatic rings. The van der Waals surface area contributed by atoms with Crippen molar-refractivity contribution in [3.63, 3.8) is 0 Å². The molecule has 1 aliphatic heterocycles. The summed E-state index contributed by atoms with van der Waals surface area (Å²) < 4.78 is 16.2. The molecule has 2 N–H and O–H groups in total. The predicted octanol–water partition coefficient (Wildman–Crippen LogP) is 0.837. The van der Waals surface area contributed by atoms with E-state index in [1.165, 1.54) is 0 Å². The molecule has 8 nitrogen and oxygen atoms in total. The molecule has 0 aliphatic carbocycles. The van der Waals surface area contributed by atoms with Gasteiger partial charge in [-0.2, -0.15) is 0 Å². The fourth-order valence-corrected chi connectivity index (χ4v) is 2.56. The van der Waals surface area contributed by atoms with Gasteiger partial charge in [0.05, 0.1) is 24.8 Å². The van der Waals surface area contributed by atoms with Gasteiger partial charge in [0, 0.05) is 18.9 Å². The fraction of sp³-hybridized carbons (Fsp3) is 0.438. The molecule has 2 aromatic rings. The molecule has 3 rings (SSSR count). The summed E-state index contributed by atoms with van der Waals surface area (Å²) in [6.07, 6.45) is 1.88. The molecule has 3 heterocycles. The van der Waals surface area contributed by atoms with E-state index in [4.69, 9.17) is 14.0 Å². The van der Waals surface area contributed by atoms with Crippen LogP contribution in [0.3, 0.4) is 0 Å². The minimum atomic E-state index is -0.405. The molecule has 0 radical (unpaired) electrons. The van der Waals surface area contributed by atoms with Gasteiger partial charge in [0.2, 0.25) is 5.88 Å². The Balaban J connectivity index is 1.70. The van der Waals surface area contributed by atoms with Crippen molar-refractivity contribution in [1.82, 2.24) is 15.5 Å². The minimum absolute atomic E-state index is 0.0954. The summed E-state index contributed by atoms with van der Waals surface area (Å²) in [4.78, 5) is 16.6. The maximum absolute atomic E-state index is 12.4. The van der Waals surface area contributed by atoms with E-state index in [2.05, 4.69) is 15.5 Å². The van der Waals surface area contributed by atoms with Crippen LogP contribution in [0, 0.1) is 6.92 Å². The second kappa shape index (κ2) is 7.41. The molecule has 0 unspecified atom stereocenters. The van der Waals surface area contributed by atoms with Crippen LogP contribution in [-0.4, -0.2) is 46.5 Å². The Labute approximate surface area is 138 Å². The van der Waals surface area contributed by atoms with Crippen LogP contribution in [-0.2, 0) is 11.3 Å². The van der Waals surface area contributed by atoms with E-state index in [0.29, 0.717) is 36.8 Å². The first kappa shape index (κ1) is 16.4. The highest BCUT2D eigenvalue weighted by Gasteiger charge is 2.31. The van der Waals surface area contributed by atoms with Gasteiger partial charge in [-0.3, -0.25) is 4.79 Å². The van der Waals surface area contributed by atoms with Gasteiger partial charge < -0.3 is 24.4 Å². The molecule has 2 atom stereocenters. The SMILES string of the molecule is Cc1onc(C(=O)N[C@@H]2CCOC[C@H]2Oc2ccccn2)c1CO. The average Bonchev–Trinajstić information content (AvgIpc) is 2.98. The molecule has 24 heavy (non-hydrogen) atoms. The number of carbonyl (C=O) groups is 1. The van der Waals surface area contributed by atoms with E-state index in [0.717, 1.165) is 0 Å². The third kappa shape index (κ3) is 3.55. The van der Waals surface area contributed by atoms with Crippen LogP contribution in [0.25, 0.3) is 0 Å². The second-order valence-electron chi connectivity index (χ2n) is 5.49. The molecule has 1 saturated heterocycles. The number of aromatic nitrogens is 2. The summed E-state index contributed by atoms with van der Waals surface area (Å²) in [7, 11) is 0. The first-order valence-electron chi connectivity index (χ1n) is 7.71. The maximum Gasteiger partial charge on any atom is 0.274 e. The zero-order valence-corrected chi connectivity index (χ0v) is 13.3. The average molecular weight is 333 g/mol. The number of rotatable bonds is 5. The topological polar surface area (TPSA) is 107 Å². The number of carbonyl (C=O) groups excluding carboxylic acids is 1. The maximum atomic E-state index is 12.4. The Morgan fingerprint density at radius 2 is 2.38 bits per heavy atom. The van der Waals surface area contributed by atoms with Gasteiger partial charge in [-0.25, -0.2) is 4.98 Å². The number of aryl methyl sites for hydroxylation is 1. The van der Waals surface area contributed by atoms with Gasteiger partial charge in [0.15, 0.2) is 5.69 Å². The van der Waals surface area contributed by atoms with Crippen LogP contribution >= 0.6 is 0 Å². The van der Waals surface area contributed by atoms with Gasteiger partial charge in [0.25, 0.3) is 5.91 Å². The lowest BCUT2D eigenvalue weighted by molar-refractivity contribution is -0.0153. The van der Waals surface area contributed by atoms with Crippen molar-refractivity contribution in [2.24, 2.45) is 0 Å². The zero-order chi connectivity index (χ0) is 16.9. The molecule has 1 fully saturated rings. The van der Waals surface area contributed by atoms with Crippen molar-refractivity contribution in [1.29, 1.82) is 0 Å². The summed E-state index contributed by atoms with van der Waals surface area (Å²) in [5, 5.41) is 16.0.